The zero-order valence-corrected chi connectivity index (χ0v) is 14.6. The van der Waals surface area contributed by atoms with Gasteiger partial charge in [0.1, 0.15) is 17.6 Å². The Balaban J connectivity index is 2.19. The average molecular weight is 354 g/mol. The number of likely N-dealkylation sites (tertiary alicyclic amines) is 1. The smallest absolute Gasteiger partial charge is 0.295 e. The molecule has 0 spiro atoms. The number of Topliss-reactive ketones (excluding diaryl/α,β-unsaturated/α-hetero) is 1. The molecule has 2 heterocycles. The Labute approximate surface area is 150 Å². The Morgan fingerprint density at radius 2 is 2.04 bits per heavy atom. The average Bonchev–Trinajstić information content (AvgIpc) is 2.89. The lowest BCUT2D eigenvalue weighted by molar-refractivity contribution is -0.139. The van der Waals surface area contributed by atoms with Crippen molar-refractivity contribution in [2.24, 2.45) is 0 Å². The van der Waals surface area contributed by atoms with Crippen molar-refractivity contribution in [1.82, 2.24) is 9.88 Å². The molecule has 3 rings (SSSR count). The Bertz CT molecular complexity index is 893. The monoisotopic (exact) mass is 354 g/mol. The number of hydrogen-bond acceptors (Lipinski definition) is 4. The lowest BCUT2D eigenvalue weighted by Gasteiger charge is -2.23. The number of pyridine rings is 1. The van der Waals surface area contributed by atoms with Gasteiger partial charge in [-0.2, -0.15) is 0 Å². The van der Waals surface area contributed by atoms with Crippen LogP contribution in [0, 0.1) is 12.7 Å². The molecular formula is C20H19FN2O3. The van der Waals surface area contributed by atoms with Crippen LogP contribution in [0.4, 0.5) is 4.39 Å². The third-order valence-electron chi connectivity index (χ3n) is 4.40. The summed E-state index contributed by atoms with van der Waals surface area (Å²) in [5.41, 5.74) is 1.11. The molecule has 0 bridgehead atoms. The highest BCUT2D eigenvalue weighted by Crippen LogP contribution is 2.38. The van der Waals surface area contributed by atoms with Crippen LogP contribution in [0.25, 0.3) is 5.76 Å². The van der Waals surface area contributed by atoms with Crippen molar-refractivity contribution in [2.45, 2.75) is 26.3 Å². The maximum absolute atomic E-state index is 13.5. The molecule has 0 saturated carbocycles. The van der Waals surface area contributed by atoms with E-state index in [-0.39, 0.29) is 11.3 Å². The second kappa shape index (κ2) is 7.07. The Hall–Kier alpha value is -3.02. The highest BCUT2D eigenvalue weighted by Gasteiger charge is 2.46. The van der Waals surface area contributed by atoms with Crippen LogP contribution in [-0.2, 0) is 9.59 Å². The minimum atomic E-state index is -0.762. The summed E-state index contributed by atoms with van der Waals surface area (Å²) in [7, 11) is 0. The van der Waals surface area contributed by atoms with Crippen molar-refractivity contribution in [3.8, 4) is 0 Å². The Morgan fingerprint density at radius 3 is 2.65 bits per heavy atom. The van der Waals surface area contributed by atoms with Crippen molar-refractivity contribution in [3.05, 3.63) is 70.8 Å². The van der Waals surface area contributed by atoms with E-state index in [0.29, 0.717) is 29.8 Å². The van der Waals surface area contributed by atoms with E-state index < -0.39 is 23.5 Å². The summed E-state index contributed by atoms with van der Waals surface area (Å²) in [5.74, 6) is -2.15. The molecule has 5 nitrogen and oxygen atoms in total. The van der Waals surface area contributed by atoms with E-state index in [1.54, 1.807) is 31.3 Å². The number of benzene rings is 1. The van der Waals surface area contributed by atoms with Gasteiger partial charge in [-0.3, -0.25) is 14.6 Å². The van der Waals surface area contributed by atoms with E-state index >= 15 is 0 Å². The summed E-state index contributed by atoms with van der Waals surface area (Å²) in [6.45, 7) is 3.83. The highest BCUT2D eigenvalue weighted by molar-refractivity contribution is 6.46. The third-order valence-corrected chi connectivity index (χ3v) is 4.40. The number of aryl methyl sites for hydroxylation is 1. The number of amides is 1. The maximum atomic E-state index is 13.5. The van der Waals surface area contributed by atoms with Crippen molar-refractivity contribution in [3.63, 3.8) is 0 Å². The molecule has 1 N–H and O–H groups in total. The van der Waals surface area contributed by atoms with Gasteiger partial charge in [0.05, 0.1) is 11.3 Å². The van der Waals surface area contributed by atoms with Crippen molar-refractivity contribution < 1.29 is 19.1 Å². The van der Waals surface area contributed by atoms with Gasteiger partial charge in [0.15, 0.2) is 0 Å². The first kappa shape index (κ1) is 17.8. The van der Waals surface area contributed by atoms with Crippen LogP contribution in [-0.4, -0.2) is 33.2 Å². The summed E-state index contributed by atoms with van der Waals surface area (Å²) < 4.78 is 13.5. The molecule has 26 heavy (non-hydrogen) atoms. The number of nitrogens with zero attached hydrogens (tertiary/aromatic N) is 2. The number of carbonyl (C=O) groups excluding carboxylic acids is 2. The zero-order valence-electron chi connectivity index (χ0n) is 14.6. The van der Waals surface area contributed by atoms with E-state index in [1.165, 1.54) is 23.1 Å². The summed E-state index contributed by atoms with van der Waals surface area (Å²) >= 11 is 0. The van der Waals surface area contributed by atoms with Crippen LogP contribution in [0.2, 0.25) is 0 Å². The summed E-state index contributed by atoms with van der Waals surface area (Å²) in [6, 6.07) is 8.51. The number of aliphatic hydroxyl groups excluding tert-OH is 1. The van der Waals surface area contributed by atoms with Crippen molar-refractivity contribution in [2.75, 3.05) is 6.54 Å². The number of rotatable bonds is 4. The van der Waals surface area contributed by atoms with Crippen LogP contribution in [0.1, 0.15) is 36.2 Å². The van der Waals surface area contributed by atoms with Crippen LogP contribution in [0.3, 0.4) is 0 Å². The van der Waals surface area contributed by atoms with Crippen LogP contribution < -0.4 is 0 Å². The lowest BCUT2D eigenvalue weighted by atomic mass is 9.97. The highest BCUT2D eigenvalue weighted by atomic mass is 19.1. The molecule has 1 aromatic carbocycles. The molecule has 1 aromatic heterocycles. The molecule has 1 aliphatic heterocycles. The van der Waals surface area contributed by atoms with Gasteiger partial charge in [0.25, 0.3) is 11.7 Å². The van der Waals surface area contributed by atoms with Crippen LogP contribution in [0.5, 0.6) is 0 Å². The van der Waals surface area contributed by atoms with Gasteiger partial charge >= 0.3 is 0 Å². The summed E-state index contributed by atoms with van der Waals surface area (Å²) in [5, 5.41) is 10.8. The molecule has 1 unspecified atom stereocenters. The number of ketones is 1. The number of carbonyl (C=O) groups is 2. The standard InChI is InChI=1S/C20H19FN2O3/c1-3-10-23-17(15-6-4-5-9-22-15)16(19(25)20(23)26)18(24)13-7-8-14(21)12(2)11-13/h4-9,11,17,24H,3,10H2,1-2H3/b18-16-. The topological polar surface area (TPSA) is 70.5 Å². The molecule has 0 radical (unpaired) electrons. The first-order chi connectivity index (χ1) is 12.5. The van der Waals surface area contributed by atoms with Crippen molar-refractivity contribution in [1.29, 1.82) is 0 Å². The molecule has 134 valence electrons. The fraction of sp³-hybridized carbons (Fsp3) is 0.250. The lowest BCUT2D eigenvalue weighted by Crippen LogP contribution is -2.30. The van der Waals surface area contributed by atoms with Gasteiger partial charge in [-0.1, -0.05) is 13.0 Å². The minimum absolute atomic E-state index is 0.0202. The first-order valence-corrected chi connectivity index (χ1v) is 8.41. The molecule has 1 fully saturated rings. The van der Waals surface area contributed by atoms with E-state index in [1.807, 2.05) is 6.92 Å². The molecular weight excluding hydrogens is 335 g/mol. The Morgan fingerprint density at radius 1 is 1.27 bits per heavy atom. The van der Waals surface area contributed by atoms with E-state index in [2.05, 4.69) is 4.98 Å². The van der Waals surface area contributed by atoms with E-state index in [4.69, 9.17) is 0 Å². The first-order valence-electron chi connectivity index (χ1n) is 8.41. The number of halogens is 1. The second-order valence-corrected chi connectivity index (χ2v) is 6.21. The molecule has 1 amide bonds. The number of aliphatic hydroxyl groups is 1. The SMILES string of the molecule is CCCN1C(=O)C(=O)/C(=C(\O)c2ccc(F)c(C)c2)C1c1ccccn1. The van der Waals surface area contributed by atoms with Gasteiger partial charge in [0, 0.05) is 18.3 Å². The normalized spacial score (nSPS) is 19.2. The molecule has 1 saturated heterocycles. The van der Waals surface area contributed by atoms with Gasteiger partial charge in [-0.25, -0.2) is 4.39 Å². The number of aromatic nitrogens is 1. The number of hydrogen-bond donors (Lipinski definition) is 1. The minimum Gasteiger partial charge on any atom is -0.507 e. The van der Waals surface area contributed by atoms with Crippen LogP contribution in [0.15, 0.2) is 48.2 Å². The fourth-order valence-corrected chi connectivity index (χ4v) is 3.14. The van der Waals surface area contributed by atoms with Crippen molar-refractivity contribution >= 4 is 17.4 Å². The second-order valence-electron chi connectivity index (χ2n) is 6.21. The summed E-state index contributed by atoms with van der Waals surface area (Å²) in [6.07, 6.45) is 2.23. The maximum Gasteiger partial charge on any atom is 0.295 e. The molecule has 0 aliphatic carbocycles. The predicted molar refractivity (Wildman–Crippen MR) is 94.7 cm³/mol. The predicted octanol–water partition coefficient (Wildman–Crippen LogP) is 3.36. The molecule has 2 aromatic rings. The van der Waals surface area contributed by atoms with Gasteiger partial charge in [0.2, 0.25) is 0 Å². The largest absolute Gasteiger partial charge is 0.507 e. The molecule has 1 atom stereocenters. The quantitative estimate of drug-likeness (QED) is 0.519. The van der Waals surface area contributed by atoms with E-state index in [9.17, 15) is 19.1 Å². The van der Waals surface area contributed by atoms with Gasteiger partial charge in [-0.15, -0.1) is 0 Å². The van der Waals surface area contributed by atoms with Gasteiger partial charge < -0.3 is 10.0 Å². The third kappa shape index (κ3) is 2.98. The van der Waals surface area contributed by atoms with E-state index in [0.717, 1.165) is 0 Å². The molecule has 1 aliphatic rings. The molecule has 6 heteroatoms. The van der Waals surface area contributed by atoms with Crippen LogP contribution >= 0.6 is 0 Å². The Kier molecular flexibility index (Phi) is 4.84. The fourth-order valence-electron chi connectivity index (χ4n) is 3.14. The van der Waals surface area contributed by atoms with Gasteiger partial charge in [-0.05, 0) is 49.2 Å². The summed E-state index contributed by atoms with van der Waals surface area (Å²) in [4.78, 5) is 30.8. The zero-order chi connectivity index (χ0) is 18.8.